The molecule has 1 unspecified atom stereocenters. The molecular weight excluding hydrogens is 354 g/mol. The van der Waals surface area contributed by atoms with Gasteiger partial charge in [0, 0.05) is 6.54 Å². The Hall–Kier alpha value is -2.43. The summed E-state index contributed by atoms with van der Waals surface area (Å²) >= 11 is 0. The SMILES string of the molecule is CC1=CC(c2ccccc2)N(S(=O)(=O)c2ccc3ccccc3c2)C[C@@H]1C. The zero-order valence-corrected chi connectivity index (χ0v) is 16.4. The van der Waals surface area contributed by atoms with E-state index in [4.69, 9.17) is 0 Å². The van der Waals surface area contributed by atoms with Crippen LogP contribution in [0.3, 0.4) is 0 Å². The molecule has 138 valence electrons. The van der Waals surface area contributed by atoms with E-state index in [1.165, 1.54) is 5.57 Å². The molecule has 0 aromatic heterocycles. The predicted octanol–water partition coefficient (Wildman–Crippen LogP) is 5.17. The summed E-state index contributed by atoms with van der Waals surface area (Å²) in [6, 6.07) is 22.8. The van der Waals surface area contributed by atoms with Gasteiger partial charge < -0.3 is 0 Å². The standard InChI is InChI=1S/C23H23NO2S/c1-17-14-23(20-9-4-3-5-10-20)24(16-18(17)2)27(25,26)22-13-12-19-8-6-7-11-21(19)15-22/h3-15,18,23H,16H2,1-2H3/t18-,23?/m0/s1. The lowest BCUT2D eigenvalue weighted by Crippen LogP contribution is -2.40. The molecular formula is C23H23NO2S. The lowest BCUT2D eigenvalue weighted by molar-refractivity contribution is 0.314. The predicted molar refractivity (Wildman–Crippen MR) is 110 cm³/mol. The molecule has 0 spiro atoms. The molecule has 0 saturated carbocycles. The summed E-state index contributed by atoms with van der Waals surface area (Å²) in [4.78, 5) is 0.349. The maximum atomic E-state index is 13.6. The van der Waals surface area contributed by atoms with E-state index < -0.39 is 10.0 Å². The van der Waals surface area contributed by atoms with Crippen molar-refractivity contribution in [3.8, 4) is 0 Å². The Bertz CT molecular complexity index is 1100. The largest absolute Gasteiger partial charge is 0.243 e. The number of hydrogen-bond donors (Lipinski definition) is 0. The van der Waals surface area contributed by atoms with Crippen LogP contribution >= 0.6 is 0 Å². The summed E-state index contributed by atoms with van der Waals surface area (Å²) in [6.07, 6.45) is 2.09. The highest BCUT2D eigenvalue weighted by Crippen LogP contribution is 2.36. The van der Waals surface area contributed by atoms with Crippen LogP contribution in [-0.2, 0) is 10.0 Å². The molecule has 4 heteroatoms. The third-order valence-corrected chi connectivity index (χ3v) is 7.27. The molecule has 0 N–H and O–H groups in total. The van der Waals surface area contributed by atoms with Crippen molar-refractivity contribution >= 4 is 20.8 Å². The number of nitrogens with zero attached hydrogens (tertiary/aromatic N) is 1. The average Bonchev–Trinajstić information content (AvgIpc) is 2.70. The van der Waals surface area contributed by atoms with Crippen LogP contribution in [0.2, 0.25) is 0 Å². The molecule has 3 aromatic rings. The molecule has 0 amide bonds. The lowest BCUT2D eigenvalue weighted by atomic mass is 9.93. The number of hydrogen-bond acceptors (Lipinski definition) is 2. The fourth-order valence-corrected chi connectivity index (χ4v) is 5.34. The number of sulfonamides is 1. The van der Waals surface area contributed by atoms with E-state index in [1.54, 1.807) is 16.4 Å². The molecule has 1 aliphatic rings. The molecule has 1 aliphatic heterocycles. The molecule has 1 heterocycles. The van der Waals surface area contributed by atoms with Crippen LogP contribution in [0.15, 0.2) is 89.3 Å². The molecule has 4 rings (SSSR count). The smallest absolute Gasteiger partial charge is 0.207 e. The first-order valence-electron chi connectivity index (χ1n) is 9.21. The maximum absolute atomic E-state index is 13.6. The summed E-state index contributed by atoms with van der Waals surface area (Å²) in [7, 11) is -3.62. The van der Waals surface area contributed by atoms with Crippen molar-refractivity contribution in [1.29, 1.82) is 0 Å². The topological polar surface area (TPSA) is 37.4 Å². The fraction of sp³-hybridized carbons (Fsp3) is 0.217. The van der Waals surface area contributed by atoms with Crippen LogP contribution in [0.25, 0.3) is 10.8 Å². The summed E-state index contributed by atoms with van der Waals surface area (Å²) in [6.45, 7) is 4.65. The maximum Gasteiger partial charge on any atom is 0.243 e. The Labute approximate surface area is 161 Å². The van der Waals surface area contributed by atoms with Gasteiger partial charge in [-0.25, -0.2) is 8.42 Å². The zero-order chi connectivity index (χ0) is 19.0. The van der Waals surface area contributed by atoms with E-state index in [-0.39, 0.29) is 12.0 Å². The van der Waals surface area contributed by atoms with E-state index in [9.17, 15) is 8.42 Å². The van der Waals surface area contributed by atoms with Gasteiger partial charge in [0.15, 0.2) is 0 Å². The van der Waals surface area contributed by atoms with Crippen molar-refractivity contribution in [2.24, 2.45) is 5.92 Å². The van der Waals surface area contributed by atoms with Crippen LogP contribution < -0.4 is 0 Å². The minimum absolute atomic E-state index is 0.195. The van der Waals surface area contributed by atoms with Gasteiger partial charge in [-0.1, -0.05) is 79.2 Å². The second-order valence-electron chi connectivity index (χ2n) is 7.25. The number of fused-ring (bicyclic) bond motifs is 1. The van der Waals surface area contributed by atoms with Crippen molar-refractivity contribution in [1.82, 2.24) is 4.31 Å². The highest BCUT2D eigenvalue weighted by molar-refractivity contribution is 7.89. The quantitative estimate of drug-likeness (QED) is 0.591. The normalized spacial score (nSPS) is 21.2. The van der Waals surface area contributed by atoms with Gasteiger partial charge in [0.05, 0.1) is 10.9 Å². The fourth-order valence-electron chi connectivity index (χ4n) is 3.65. The molecule has 0 fully saturated rings. The molecule has 27 heavy (non-hydrogen) atoms. The minimum Gasteiger partial charge on any atom is -0.207 e. The molecule has 3 aromatic carbocycles. The van der Waals surface area contributed by atoms with Crippen LogP contribution in [0.1, 0.15) is 25.5 Å². The first kappa shape index (κ1) is 18.0. The average molecular weight is 378 g/mol. The van der Waals surface area contributed by atoms with Gasteiger partial charge in [0.25, 0.3) is 0 Å². The van der Waals surface area contributed by atoms with Gasteiger partial charge in [-0.2, -0.15) is 4.31 Å². The highest BCUT2D eigenvalue weighted by atomic mass is 32.2. The highest BCUT2D eigenvalue weighted by Gasteiger charge is 2.35. The van der Waals surface area contributed by atoms with Gasteiger partial charge in [0.2, 0.25) is 10.0 Å². The molecule has 3 nitrogen and oxygen atoms in total. The number of rotatable bonds is 3. The van der Waals surface area contributed by atoms with Gasteiger partial charge in [-0.05, 0) is 41.3 Å². The molecule has 0 saturated heterocycles. The van der Waals surface area contributed by atoms with Crippen LogP contribution in [0, 0.1) is 5.92 Å². The monoisotopic (exact) mass is 377 g/mol. The Morgan fingerprint density at radius 2 is 1.56 bits per heavy atom. The van der Waals surface area contributed by atoms with E-state index in [0.29, 0.717) is 11.4 Å². The third-order valence-electron chi connectivity index (χ3n) is 5.43. The first-order valence-corrected chi connectivity index (χ1v) is 10.6. The minimum atomic E-state index is -3.62. The van der Waals surface area contributed by atoms with Crippen LogP contribution in [0.4, 0.5) is 0 Å². The van der Waals surface area contributed by atoms with Crippen LogP contribution in [0.5, 0.6) is 0 Å². The van der Waals surface area contributed by atoms with E-state index >= 15 is 0 Å². The Morgan fingerprint density at radius 3 is 2.30 bits per heavy atom. The van der Waals surface area contributed by atoms with Crippen molar-refractivity contribution in [3.05, 3.63) is 90.0 Å². The van der Waals surface area contributed by atoms with E-state index in [2.05, 4.69) is 19.9 Å². The van der Waals surface area contributed by atoms with E-state index in [0.717, 1.165) is 16.3 Å². The molecule has 2 atom stereocenters. The Balaban J connectivity index is 1.82. The third kappa shape index (κ3) is 3.31. The van der Waals surface area contributed by atoms with Gasteiger partial charge in [-0.3, -0.25) is 0 Å². The van der Waals surface area contributed by atoms with Crippen LogP contribution in [-0.4, -0.2) is 19.3 Å². The van der Waals surface area contributed by atoms with Crippen molar-refractivity contribution < 1.29 is 8.42 Å². The van der Waals surface area contributed by atoms with Gasteiger partial charge >= 0.3 is 0 Å². The second kappa shape index (κ2) is 6.95. The second-order valence-corrected chi connectivity index (χ2v) is 9.14. The first-order chi connectivity index (χ1) is 13.0. The Kier molecular flexibility index (Phi) is 4.62. The zero-order valence-electron chi connectivity index (χ0n) is 15.5. The summed E-state index contributed by atoms with van der Waals surface area (Å²) < 4.78 is 28.8. The number of benzene rings is 3. The summed E-state index contributed by atoms with van der Waals surface area (Å²) in [5.74, 6) is 0.195. The Morgan fingerprint density at radius 1 is 0.889 bits per heavy atom. The van der Waals surface area contributed by atoms with Gasteiger partial charge in [0.1, 0.15) is 0 Å². The lowest BCUT2D eigenvalue weighted by Gasteiger charge is -2.36. The van der Waals surface area contributed by atoms with Crippen molar-refractivity contribution in [3.63, 3.8) is 0 Å². The summed E-state index contributed by atoms with van der Waals surface area (Å²) in [5.41, 5.74) is 2.22. The summed E-state index contributed by atoms with van der Waals surface area (Å²) in [5, 5.41) is 1.98. The van der Waals surface area contributed by atoms with Crippen molar-refractivity contribution in [2.75, 3.05) is 6.54 Å². The van der Waals surface area contributed by atoms with Crippen molar-refractivity contribution in [2.45, 2.75) is 24.8 Å². The molecule has 0 radical (unpaired) electrons. The molecule has 0 bridgehead atoms. The molecule has 0 aliphatic carbocycles. The van der Waals surface area contributed by atoms with Gasteiger partial charge in [-0.15, -0.1) is 0 Å². The van der Waals surface area contributed by atoms with E-state index in [1.807, 2.05) is 60.7 Å².